The van der Waals surface area contributed by atoms with E-state index in [1.165, 1.54) is 32.1 Å². The van der Waals surface area contributed by atoms with Crippen LogP contribution >= 0.6 is 0 Å². The Bertz CT molecular complexity index is 688. The van der Waals surface area contributed by atoms with Crippen LogP contribution in [-0.4, -0.2) is 52.8 Å². The number of aryl methyl sites for hydroxylation is 1. The number of amides is 1. The van der Waals surface area contributed by atoms with Gasteiger partial charge in [-0.25, -0.2) is 0 Å². The van der Waals surface area contributed by atoms with Gasteiger partial charge >= 0.3 is 0 Å². The van der Waals surface area contributed by atoms with E-state index in [-0.39, 0.29) is 5.91 Å². The molecule has 1 saturated heterocycles. The van der Waals surface area contributed by atoms with Gasteiger partial charge in [0.05, 0.1) is 38.4 Å². The molecule has 27 heavy (non-hydrogen) atoms. The zero-order valence-corrected chi connectivity index (χ0v) is 16.5. The van der Waals surface area contributed by atoms with Gasteiger partial charge in [-0.05, 0) is 56.9 Å². The highest BCUT2D eigenvalue weighted by atomic mass is 16.2. The average Bonchev–Trinajstić information content (AvgIpc) is 3.14. The number of hydrogen-bond donors (Lipinski definition) is 1. The summed E-state index contributed by atoms with van der Waals surface area (Å²) >= 11 is 0. The Morgan fingerprint density at radius 1 is 1.15 bits per heavy atom. The number of quaternary nitrogens is 1. The Balaban J connectivity index is 1.16. The summed E-state index contributed by atoms with van der Waals surface area (Å²) in [6.45, 7) is 7.03. The van der Waals surface area contributed by atoms with Crippen LogP contribution in [0.5, 0.6) is 0 Å². The van der Waals surface area contributed by atoms with Crippen LogP contribution < -0.4 is 4.90 Å². The first kappa shape index (κ1) is 17.5. The van der Waals surface area contributed by atoms with Crippen molar-refractivity contribution in [2.75, 3.05) is 26.2 Å². The molecule has 2 heterocycles. The first-order valence-corrected chi connectivity index (χ1v) is 11.0. The number of rotatable bonds is 4. The maximum Gasteiger partial charge on any atom is 0.246 e. The van der Waals surface area contributed by atoms with Gasteiger partial charge < -0.3 is 9.80 Å². The lowest BCUT2D eigenvalue weighted by atomic mass is 9.54. The van der Waals surface area contributed by atoms with Crippen LogP contribution in [0, 0.1) is 23.7 Å². The molecular weight excluding hydrogens is 336 g/mol. The molecule has 0 radical (unpaired) electrons. The molecule has 5 heteroatoms. The van der Waals surface area contributed by atoms with Crippen LogP contribution in [0.2, 0.25) is 0 Å². The van der Waals surface area contributed by atoms with Gasteiger partial charge in [-0.2, -0.15) is 5.10 Å². The molecule has 0 atom stereocenters. The van der Waals surface area contributed by atoms with E-state index in [9.17, 15) is 4.79 Å². The van der Waals surface area contributed by atoms with Crippen molar-refractivity contribution in [1.29, 1.82) is 0 Å². The van der Waals surface area contributed by atoms with Crippen molar-refractivity contribution in [3.05, 3.63) is 24.0 Å². The minimum Gasteiger partial charge on any atom is -0.329 e. The second kappa shape index (κ2) is 7.08. The summed E-state index contributed by atoms with van der Waals surface area (Å²) in [5.74, 6) is 4.21. The Labute approximate surface area is 162 Å². The maximum absolute atomic E-state index is 12.6. The molecule has 146 valence electrons. The van der Waals surface area contributed by atoms with Crippen molar-refractivity contribution in [2.45, 2.75) is 51.6 Å². The van der Waals surface area contributed by atoms with Gasteiger partial charge in [0.25, 0.3) is 0 Å². The highest BCUT2D eigenvalue weighted by molar-refractivity contribution is 5.91. The summed E-state index contributed by atoms with van der Waals surface area (Å²) in [7, 11) is 0. The monoisotopic (exact) mass is 369 g/mol. The van der Waals surface area contributed by atoms with Gasteiger partial charge in [0.2, 0.25) is 5.91 Å². The predicted octanol–water partition coefficient (Wildman–Crippen LogP) is 1.47. The molecule has 1 aliphatic heterocycles. The maximum atomic E-state index is 12.6. The molecule has 4 bridgehead atoms. The van der Waals surface area contributed by atoms with Gasteiger partial charge in [-0.15, -0.1) is 0 Å². The number of nitrogens with one attached hydrogen (secondary N) is 1. The number of carbonyl (C=O) groups is 1. The first-order valence-electron chi connectivity index (χ1n) is 11.0. The quantitative estimate of drug-likeness (QED) is 0.817. The zero-order chi connectivity index (χ0) is 18.4. The van der Waals surface area contributed by atoms with Crippen LogP contribution in [0.4, 0.5) is 0 Å². The number of hydrogen-bond acceptors (Lipinski definition) is 2. The normalized spacial score (nSPS) is 36.0. The first-order chi connectivity index (χ1) is 13.2. The van der Waals surface area contributed by atoms with Crippen molar-refractivity contribution < 1.29 is 9.69 Å². The summed E-state index contributed by atoms with van der Waals surface area (Å²) < 4.78 is 1.89. The molecule has 1 amide bonds. The fourth-order valence-electron chi connectivity index (χ4n) is 6.85. The van der Waals surface area contributed by atoms with E-state index in [1.807, 2.05) is 28.1 Å². The molecule has 4 saturated carbocycles. The molecule has 1 aromatic rings. The average molecular weight is 370 g/mol. The van der Waals surface area contributed by atoms with Crippen LogP contribution in [0.25, 0.3) is 6.08 Å². The molecule has 6 rings (SSSR count). The van der Waals surface area contributed by atoms with E-state index in [0.29, 0.717) is 0 Å². The Morgan fingerprint density at radius 2 is 1.81 bits per heavy atom. The lowest BCUT2D eigenvalue weighted by Gasteiger charge is -2.56. The smallest absolute Gasteiger partial charge is 0.246 e. The van der Waals surface area contributed by atoms with E-state index in [0.717, 1.165) is 68.0 Å². The Kier molecular flexibility index (Phi) is 4.58. The van der Waals surface area contributed by atoms with Gasteiger partial charge in [0, 0.05) is 36.2 Å². The van der Waals surface area contributed by atoms with E-state index in [4.69, 9.17) is 0 Å². The van der Waals surface area contributed by atoms with Crippen molar-refractivity contribution in [3.8, 4) is 0 Å². The van der Waals surface area contributed by atoms with Crippen LogP contribution in [0.15, 0.2) is 18.5 Å². The van der Waals surface area contributed by atoms with E-state index in [2.05, 4.69) is 12.0 Å². The van der Waals surface area contributed by atoms with Crippen LogP contribution in [0.1, 0.15) is 44.6 Å². The third kappa shape index (κ3) is 3.35. The Hall–Kier alpha value is -1.62. The van der Waals surface area contributed by atoms with Crippen molar-refractivity contribution in [3.63, 3.8) is 0 Å². The Morgan fingerprint density at radius 3 is 2.41 bits per heavy atom. The summed E-state index contributed by atoms with van der Waals surface area (Å²) in [6, 6.07) is 0.894. The van der Waals surface area contributed by atoms with E-state index < -0.39 is 0 Å². The topological polar surface area (TPSA) is 42.6 Å². The zero-order valence-electron chi connectivity index (χ0n) is 16.5. The molecule has 1 aromatic heterocycles. The minimum atomic E-state index is 0.156. The van der Waals surface area contributed by atoms with Crippen molar-refractivity contribution in [1.82, 2.24) is 14.7 Å². The molecule has 5 aliphatic rings. The summed E-state index contributed by atoms with van der Waals surface area (Å²) in [5, 5.41) is 4.26. The standard InChI is InChI=1S/C22H32N4O/c1-2-26-15-16(14-23-26)3-4-21(27)24-5-7-25(8-6-24)22-19-10-17-9-18(12-19)13-20(22)11-17/h3-4,14-15,17-20,22H,2,5-13H2,1H3/p+1/b4-3+. The van der Waals surface area contributed by atoms with E-state index in [1.54, 1.807) is 11.0 Å². The van der Waals surface area contributed by atoms with E-state index >= 15 is 0 Å². The summed E-state index contributed by atoms with van der Waals surface area (Å²) in [5.41, 5.74) is 1.00. The number of carbonyl (C=O) groups excluding carboxylic acids is 1. The van der Waals surface area contributed by atoms with Gasteiger partial charge in [-0.3, -0.25) is 9.48 Å². The van der Waals surface area contributed by atoms with Crippen LogP contribution in [0.3, 0.4) is 0 Å². The van der Waals surface area contributed by atoms with Gasteiger partial charge in [0.15, 0.2) is 0 Å². The van der Waals surface area contributed by atoms with Crippen LogP contribution in [-0.2, 0) is 11.3 Å². The molecule has 5 nitrogen and oxygen atoms in total. The lowest BCUT2D eigenvalue weighted by Crippen LogP contribution is -3.20. The molecule has 4 aliphatic carbocycles. The fourth-order valence-corrected chi connectivity index (χ4v) is 6.85. The number of nitrogens with zero attached hydrogens (tertiary/aromatic N) is 3. The largest absolute Gasteiger partial charge is 0.329 e. The third-order valence-electron chi connectivity index (χ3n) is 7.81. The highest BCUT2D eigenvalue weighted by Gasteiger charge is 2.52. The molecule has 0 spiro atoms. The second-order valence-electron chi connectivity index (χ2n) is 9.40. The summed E-state index contributed by atoms with van der Waals surface area (Å²) in [4.78, 5) is 16.4. The summed E-state index contributed by atoms with van der Waals surface area (Å²) in [6.07, 6.45) is 15.0. The van der Waals surface area contributed by atoms with Crippen molar-refractivity contribution >= 4 is 12.0 Å². The SMILES string of the molecule is CCn1cc(/C=C/C(=O)N2CC[NH+](C3C4CC5CC(C4)CC3C5)CC2)cn1. The van der Waals surface area contributed by atoms with Crippen molar-refractivity contribution in [2.24, 2.45) is 23.7 Å². The third-order valence-corrected chi connectivity index (χ3v) is 7.81. The molecule has 0 aromatic carbocycles. The fraction of sp³-hybridized carbons (Fsp3) is 0.727. The molecule has 1 N–H and O–H groups in total. The van der Waals surface area contributed by atoms with Gasteiger partial charge in [-0.1, -0.05) is 0 Å². The molecule has 5 fully saturated rings. The highest BCUT2D eigenvalue weighted by Crippen LogP contribution is 2.53. The number of aromatic nitrogens is 2. The molecular formula is C22H33N4O+. The molecule has 0 unspecified atom stereocenters. The minimum absolute atomic E-state index is 0.156. The van der Waals surface area contributed by atoms with Gasteiger partial charge in [0.1, 0.15) is 0 Å². The predicted molar refractivity (Wildman–Crippen MR) is 105 cm³/mol. The lowest BCUT2D eigenvalue weighted by molar-refractivity contribution is -0.939. The number of piperazine rings is 1. The second-order valence-corrected chi connectivity index (χ2v) is 9.40.